The van der Waals surface area contributed by atoms with Gasteiger partial charge in [-0.15, -0.1) is 11.3 Å². The largest absolute Gasteiger partial charge is 0.491 e. The highest BCUT2D eigenvalue weighted by molar-refractivity contribution is 7.10. The third kappa shape index (κ3) is 5.46. The molecule has 2 atom stereocenters. The summed E-state index contributed by atoms with van der Waals surface area (Å²) in [4.78, 5) is 31.2. The van der Waals surface area contributed by atoms with Crippen molar-refractivity contribution in [1.29, 1.82) is 0 Å². The zero-order valence-corrected chi connectivity index (χ0v) is 21.1. The van der Waals surface area contributed by atoms with Gasteiger partial charge in [0.2, 0.25) is 11.8 Å². The minimum Gasteiger partial charge on any atom is -0.491 e. The molecule has 1 aromatic carbocycles. The van der Waals surface area contributed by atoms with Crippen molar-refractivity contribution < 1.29 is 14.3 Å². The van der Waals surface area contributed by atoms with Crippen molar-refractivity contribution >= 4 is 34.8 Å². The number of hydrogen-bond acceptors (Lipinski definition) is 4. The van der Waals surface area contributed by atoms with Gasteiger partial charge in [-0.3, -0.25) is 9.59 Å². The number of hydrogen-bond donors (Lipinski definition) is 0. The van der Waals surface area contributed by atoms with E-state index in [9.17, 15) is 9.59 Å². The van der Waals surface area contributed by atoms with Gasteiger partial charge in [-0.25, -0.2) is 0 Å². The second-order valence-electron chi connectivity index (χ2n) is 8.75. The molecule has 0 N–H and O–H groups in total. The lowest BCUT2D eigenvalue weighted by atomic mass is 10.00. The molecule has 2 heterocycles. The molecule has 2 aromatic rings. The van der Waals surface area contributed by atoms with Gasteiger partial charge >= 0.3 is 0 Å². The Bertz CT molecular complexity index is 958. The van der Waals surface area contributed by atoms with Crippen LogP contribution in [0.2, 0.25) is 5.02 Å². The van der Waals surface area contributed by atoms with Crippen LogP contribution in [0.15, 0.2) is 29.6 Å². The molecule has 174 valence electrons. The second kappa shape index (κ2) is 10.7. The molecule has 0 spiro atoms. The van der Waals surface area contributed by atoms with E-state index in [1.165, 1.54) is 4.88 Å². The van der Waals surface area contributed by atoms with E-state index < -0.39 is 0 Å². The normalized spacial score (nSPS) is 16.6. The Balaban J connectivity index is 1.80. The van der Waals surface area contributed by atoms with Gasteiger partial charge in [0.1, 0.15) is 18.9 Å². The van der Waals surface area contributed by atoms with Crippen LogP contribution in [-0.4, -0.2) is 47.4 Å². The topological polar surface area (TPSA) is 49.9 Å². The van der Waals surface area contributed by atoms with E-state index in [0.717, 1.165) is 29.7 Å². The van der Waals surface area contributed by atoms with Crippen LogP contribution in [-0.2, 0) is 16.0 Å². The predicted octanol–water partition coefficient (Wildman–Crippen LogP) is 5.50. The van der Waals surface area contributed by atoms with Gasteiger partial charge in [0.25, 0.3) is 0 Å². The van der Waals surface area contributed by atoms with Crippen LogP contribution < -0.4 is 4.74 Å². The first-order valence-electron chi connectivity index (χ1n) is 11.3. The number of halogens is 1. The molecule has 32 heavy (non-hydrogen) atoms. The fourth-order valence-corrected chi connectivity index (χ4v) is 5.04. The van der Waals surface area contributed by atoms with Crippen LogP contribution in [0, 0.1) is 12.8 Å². The molecule has 0 aliphatic carbocycles. The molecule has 0 bridgehead atoms. The van der Waals surface area contributed by atoms with E-state index in [2.05, 4.69) is 11.4 Å². The van der Waals surface area contributed by atoms with Crippen LogP contribution >= 0.6 is 22.9 Å². The van der Waals surface area contributed by atoms with E-state index >= 15 is 0 Å². The summed E-state index contributed by atoms with van der Waals surface area (Å²) in [5.41, 5.74) is 2.10. The number of carbonyl (C=O) groups is 2. The van der Waals surface area contributed by atoms with Crippen LogP contribution in [0.1, 0.15) is 56.2 Å². The van der Waals surface area contributed by atoms with Crippen molar-refractivity contribution in [3.63, 3.8) is 0 Å². The summed E-state index contributed by atoms with van der Waals surface area (Å²) < 4.78 is 6.12. The lowest BCUT2D eigenvalue weighted by molar-refractivity contribution is -0.146. The van der Waals surface area contributed by atoms with Crippen molar-refractivity contribution in [2.24, 2.45) is 5.92 Å². The van der Waals surface area contributed by atoms with E-state index in [0.29, 0.717) is 18.2 Å². The molecule has 0 fully saturated rings. The second-order valence-corrected chi connectivity index (χ2v) is 10.2. The Morgan fingerprint density at radius 3 is 2.69 bits per heavy atom. The highest BCUT2D eigenvalue weighted by Crippen LogP contribution is 2.34. The molecule has 3 rings (SSSR count). The molecular formula is C25H33ClN2O3S. The van der Waals surface area contributed by atoms with Gasteiger partial charge in [-0.05, 0) is 67.5 Å². The number of amides is 2. The number of ether oxygens (including phenoxy) is 1. The Morgan fingerprint density at radius 2 is 2.03 bits per heavy atom. The van der Waals surface area contributed by atoms with Crippen LogP contribution in [0.4, 0.5) is 0 Å². The fourth-order valence-electron chi connectivity index (χ4n) is 4.00. The lowest BCUT2D eigenvalue weighted by Gasteiger charge is -2.38. The number of nitrogens with zero attached hydrogens (tertiary/aromatic N) is 2. The van der Waals surface area contributed by atoms with Gasteiger partial charge in [0.15, 0.2) is 0 Å². The van der Waals surface area contributed by atoms with Crippen LogP contribution in [0.3, 0.4) is 0 Å². The monoisotopic (exact) mass is 476 g/mol. The van der Waals surface area contributed by atoms with E-state index in [-0.39, 0.29) is 36.4 Å². The molecule has 1 aliphatic heterocycles. The smallest absolute Gasteiger partial charge is 0.242 e. The molecule has 1 aromatic heterocycles. The molecular weight excluding hydrogens is 444 g/mol. The maximum atomic E-state index is 13.5. The summed E-state index contributed by atoms with van der Waals surface area (Å²) in [5, 5.41) is 2.78. The van der Waals surface area contributed by atoms with Crippen molar-refractivity contribution in [2.45, 2.75) is 59.5 Å². The first kappa shape index (κ1) is 24.6. The number of fused-ring (bicyclic) bond motifs is 1. The quantitative estimate of drug-likeness (QED) is 0.505. The third-order valence-corrected chi connectivity index (χ3v) is 7.58. The Morgan fingerprint density at radius 1 is 1.28 bits per heavy atom. The zero-order valence-electron chi connectivity index (χ0n) is 19.6. The average Bonchev–Trinajstić information content (AvgIpc) is 3.25. The molecule has 1 aliphatic rings. The van der Waals surface area contributed by atoms with Gasteiger partial charge in [0.05, 0.1) is 6.04 Å². The highest BCUT2D eigenvalue weighted by Gasteiger charge is 2.34. The summed E-state index contributed by atoms with van der Waals surface area (Å²) in [6, 6.07) is 7.52. The van der Waals surface area contributed by atoms with Crippen molar-refractivity contribution in [3.8, 4) is 5.75 Å². The highest BCUT2D eigenvalue weighted by atomic mass is 35.5. The van der Waals surface area contributed by atoms with Gasteiger partial charge in [0, 0.05) is 28.4 Å². The van der Waals surface area contributed by atoms with E-state index in [1.807, 2.05) is 57.7 Å². The SMILES string of the molecule is CC[C@H](C)N(CC(=O)N1CCc2sccc2[C@@H]1COc1ccc(Cl)c(C)c1)C(=O)C(C)C. The maximum Gasteiger partial charge on any atom is 0.242 e. The first-order chi connectivity index (χ1) is 15.2. The Hall–Kier alpha value is -2.05. The maximum absolute atomic E-state index is 13.5. The average molecular weight is 477 g/mol. The number of thiophene rings is 1. The zero-order chi connectivity index (χ0) is 23.4. The molecule has 0 saturated heterocycles. The lowest BCUT2D eigenvalue weighted by Crippen LogP contribution is -2.50. The minimum absolute atomic E-state index is 0.0158. The molecule has 0 unspecified atom stereocenters. The number of benzene rings is 1. The summed E-state index contributed by atoms with van der Waals surface area (Å²) in [5.74, 6) is 0.578. The van der Waals surface area contributed by atoms with Crippen LogP contribution in [0.5, 0.6) is 5.75 Å². The van der Waals surface area contributed by atoms with Crippen molar-refractivity contribution in [1.82, 2.24) is 9.80 Å². The minimum atomic E-state index is -0.179. The molecule has 2 amide bonds. The van der Waals surface area contributed by atoms with Crippen molar-refractivity contribution in [2.75, 3.05) is 19.7 Å². The van der Waals surface area contributed by atoms with Crippen LogP contribution in [0.25, 0.3) is 0 Å². The fraction of sp³-hybridized carbons (Fsp3) is 0.520. The number of carbonyl (C=O) groups excluding carboxylic acids is 2. The molecule has 0 saturated carbocycles. The Kier molecular flexibility index (Phi) is 8.23. The summed E-state index contributed by atoms with van der Waals surface area (Å²) in [6.07, 6.45) is 1.64. The summed E-state index contributed by atoms with van der Waals surface area (Å²) >= 11 is 7.87. The van der Waals surface area contributed by atoms with Gasteiger partial charge in [-0.1, -0.05) is 32.4 Å². The third-order valence-electron chi connectivity index (χ3n) is 6.16. The summed E-state index contributed by atoms with van der Waals surface area (Å²) in [6.45, 7) is 10.8. The summed E-state index contributed by atoms with van der Waals surface area (Å²) in [7, 11) is 0. The predicted molar refractivity (Wildman–Crippen MR) is 130 cm³/mol. The number of rotatable bonds is 8. The number of aryl methyl sites for hydroxylation is 1. The Labute approximate surface area is 200 Å². The van der Waals surface area contributed by atoms with E-state index in [4.69, 9.17) is 16.3 Å². The van der Waals surface area contributed by atoms with Crippen molar-refractivity contribution in [3.05, 3.63) is 50.7 Å². The molecule has 5 nitrogen and oxygen atoms in total. The van der Waals surface area contributed by atoms with E-state index in [1.54, 1.807) is 16.2 Å². The standard InChI is InChI=1S/C25H33ClN2O3S/c1-6-18(5)28(25(30)16(2)3)14-24(29)27-11-9-23-20(10-12-32-23)22(27)15-31-19-7-8-21(26)17(4)13-19/h7-8,10,12-13,16,18,22H,6,9,11,14-15H2,1-5H3/t18-,22-/m0/s1. The molecule has 7 heteroatoms. The van der Waals surface area contributed by atoms with Gasteiger partial charge < -0.3 is 14.5 Å². The first-order valence-corrected chi connectivity index (χ1v) is 12.5. The molecule has 0 radical (unpaired) electrons. The van der Waals surface area contributed by atoms with Gasteiger partial charge in [-0.2, -0.15) is 0 Å².